The predicted octanol–water partition coefficient (Wildman–Crippen LogP) is 5.76. The molecule has 162 valence electrons. The number of carbonyl (C=O) groups is 2. The Hall–Kier alpha value is -2.15. The molecule has 0 saturated carbocycles. The Kier molecular flexibility index (Phi) is 12.7. The summed E-state index contributed by atoms with van der Waals surface area (Å²) in [5.74, 6) is -0.634. The molecule has 0 heterocycles. The number of nitro groups is 1. The first-order chi connectivity index (χ1) is 13.9. The van der Waals surface area contributed by atoms with Crippen molar-refractivity contribution in [3.8, 4) is 0 Å². The normalized spacial score (nSPS) is 10.6. The van der Waals surface area contributed by atoms with Gasteiger partial charge in [-0.25, -0.2) is 0 Å². The van der Waals surface area contributed by atoms with Crippen molar-refractivity contribution in [2.24, 2.45) is 0 Å². The van der Waals surface area contributed by atoms with Gasteiger partial charge in [-0.3, -0.25) is 19.7 Å². The highest BCUT2D eigenvalue weighted by atomic mass is 35.5. The summed E-state index contributed by atoms with van der Waals surface area (Å²) in [4.78, 5) is 33.9. The van der Waals surface area contributed by atoms with Gasteiger partial charge in [-0.15, -0.1) is 0 Å². The van der Waals surface area contributed by atoms with Crippen LogP contribution in [0.2, 0.25) is 5.02 Å². The van der Waals surface area contributed by atoms with Crippen LogP contribution in [0.1, 0.15) is 76.7 Å². The third-order valence-corrected chi connectivity index (χ3v) is 4.63. The zero-order chi connectivity index (χ0) is 21.5. The van der Waals surface area contributed by atoms with E-state index in [1.807, 2.05) is 0 Å². The summed E-state index contributed by atoms with van der Waals surface area (Å²) in [6.07, 6.45) is 8.05. The van der Waals surface area contributed by atoms with E-state index in [0.29, 0.717) is 37.3 Å². The highest BCUT2D eigenvalue weighted by Gasteiger charge is 2.15. The number of halogens is 1. The minimum Gasteiger partial charge on any atom is -0.466 e. The topological polar surface area (TPSA) is 95.7 Å². The molecular weight excluding hydrogens is 398 g/mol. The standard InChI is InChI=1S/C21H30ClNO6/c1-2-3-4-5-9-14-28-20(24)10-7-6-8-11-21(25)29-16-17-15-18(22)12-13-19(17)23(26)27/h12-13,15H,2-11,14,16H2,1H3. The fourth-order valence-corrected chi connectivity index (χ4v) is 2.95. The van der Waals surface area contributed by atoms with Gasteiger partial charge in [0.15, 0.2) is 0 Å². The number of carbonyl (C=O) groups excluding carboxylic acids is 2. The number of rotatable bonds is 15. The molecule has 0 aromatic heterocycles. The lowest BCUT2D eigenvalue weighted by atomic mass is 10.1. The molecule has 7 nitrogen and oxygen atoms in total. The second-order valence-electron chi connectivity index (χ2n) is 6.89. The Morgan fingerprint density at radius 2 is 1.59 bits per heavy atom. The van der Waals surface area contributed by atoms with Crippen LogP contribution < -0.4 is 0 Å². The van der Waals surface area contributed by atoms with Crippen LogP contribution >= 0.6 is 11.6 Å². The van der Waals surface area contributed by atoms with Gasteiger partial charge in [0.2, 0.25) is 0 Å². The molecule has 0 radical (unpaired) electrons. The summed E-state index contributed by atoms with van der Waals surface area (Å²) in [5, 5.41) is 11.3. The van der Waals surface area contributed by atoms with Gasteiger partial charge in [0.25, 0.3) is 5.69 Å². The van der Waals surface area contributed by atoms with E-state index >= 15 is 0 Å². The van der Waals surface area contributed by atoms with E-state index in [9.17, 15) is 19.7 Å². The first-order valence-electron chi connectivity index (χ1n) is 10.2. The minimum absolute atomic E-state index is 0.133. The molecule has 8 heteroatoms. The summed E-state index contributed by atoms with van der Waals surface area (Å²) in [7, 11) is 0. The number of nitrogens with zero attached hydrogens (tertiary/aromatic N) is 1. The van der Waals surface area contributed by atoms with Crippen LogP contribution in [0.3, 0.4) is 0 Å². The fourth-order valence-electron chi connectivity index (χ4n) is 2.76. The fraction of sp³-hybridized carbons (Fsp3) is 0.619. The Morgan fingerprint density at radius 3 is 2.24 bits per heavy atom. The Balaban J connectivity index is 2.12. The van der Waals surface area contributed by atoms with Crippen molar-refractivity contribution in [2.45, 2.75) is 77.7 Å². The molecule has 0 spiro atoms. The molecule has 0 unspecified atom stereocenters. The number of nitro benzene ring substituents is 1. The molecule has 0 N–H and O–H groups in total. The lowest BCUT2D eigenvalue weighted by molar-refractivity contribution is -0.385. The number of ether oxygens (including phenoxy) is 2. The van der Waals surface area contributed by atoms with Crippen LogP contribution in [0.5, 0.6) is 0 Å². The van der Waals surface area contributed by atoms with E-state index < -0.39 is 10.9 Å². The van der Waals surface area contributed by atoms with Crippen molar-refractivity contribution in [3.63, 3.8) is 0 Å². The van der Waals surface area contributed by atoms with Crippen molar-refractivity contribution in [2.75, 3.05) is 6.61 Å². The van der Waals surface area contributed by atoms with Crippen molar-refractivity contribution in [3.05, 3.63) is 38.9 Å². The molecular formula is C21H30ClNO6. The lowest BCUT2D eigenvalue weighted by Crippen LogP contribution is -2.07. The van der Waals surface area contributed by atoms with Crippen LogP contribution in [0.25, 0.3) is 0 Å². The minimum atomic E-state index is -0.538. The molecule has 0 aliphatic heterocycles. The molecule has 0 bridgehead atoms. The Labute approximate surface area is 176 Å². The average molecular weight is 428 g/mol. The van der Waals surface area contributed by atoms with Gasteiger partial charge in [-0.2, -0.15) is 0 Å². The molecule has 29 heavy (non-hydrogen) atoms. The summed E-state index contributed by atoms with van der Waals surface area (Å²) < 4.78 is 10.3. The Bertz CT molecular complexity index is 665. The average Bonchev–Trinajstić information content (AvgIpc) is 2.68. The van der Waals surface area contributed by atoms with Crippen molar-refractivity contribution >= 4 is 29.2 Å². The van der Waals surface area contributed by atoms with E-state index in [1.54, 1.807) is 0 Å². The first-order valence-corrected chi connectivity index (χ1v) is 10.6. The van der Waals surface area contributed by atoms with Gasteiger partial charge < -0.3 is 9.47 Å². The summed E-state index contributed by atoms with van der Waals surface area (Å²) in [6, 6.07) is 4.13. The quantitative estimate of drug-likeness (QED) is 0.153. The number of hydrogen-bond acceptors (Lipinski definition) is 6. The molecule has 0 amide bonds. The van der Waals surface area contributed by atoms with Crippen LogP contribution in [-0.2, 0) is 25.7 Å². The molecule has 1 aromatic rings. The molecule has 0 atom stereocenters. The van der Waals surface area contributed by atoms with Crippen LogP contribution in [0.15, 0.2) is 18.2 Å². The van der Waals surface area contributed by atoms with Gasteiger partial charge in [-0.05, 0) is 31.4 Å². The molecule has 1 aromatic carbocycles. The highest BCUT2D eigenvalue weighted by Crippen LogP contribution is 2.23. The molecule has 0 aliphatic rings. The maximum atomic E-state index is 11.8. The van der Waals surface area contributed by atoms with Crippen LogP contribution in [-0.4, -0.2) is 23.5 Å². The Morgan fingerprint density at radius 1 is 0.966 bits per heavy atom. The van der Waals surface area contributed by atoms with E-state index in [1.165, 1.54) is 37.5 Å². The van der Waals surface area contributed by atoms with Crippen molar-refractivity contribution < 1.29 is 24.0 Å². The SMILES string of the molecule is CCCCCCCOC(=O)CCCCCC(=O)OCc1cc(Cl)ccc1[N+](=O)[O-]. The monoisotopic (exact) mass is 427 g/mol. The third-order valence-electron chi connectivity index (χ3n) is 4.40. The summed E-state index contributed by atoms with van der Waals surface area (Å²) >= 11 is 5.84. The maximum Gasteiger partial charge on any atom is 0.306 e. The molecule has 1 rings (SSSR count). The lowest BCUT2D eigenvalue weighted by Gasteiger charge is -2.07. The third kappa shape index (κ3) is 11.4. The number of esters is 2. The van der Waals surface area contributed by atoms with Crippen LogP contribution in [0, 0.1) is 10.1 Å². The molecule has 0 aliphatic carbocycles. The van der Waals surface area contributed by atoms with Crippen LogP contribution in [0.4, 0.5) is 5.69 Å². The first kappa shape index (κ1) is 24.9. The zero-order valence-electron chi connectivity index (χ0n) is 17.0. The molecule has 0 saturated heterocycles. The van der Waals surface area contributed by atoms with Crippen molar-refractivity contribution in [1.82, 2.24) is 0 Å². The smallest absolute Gasteiger partial charge is 0.306 e. The van der Waals surface area contributed by atoms with Gasteiger partial charge >= 0.3 is 11.9 Å². The zero-order valence-corrected chi connectivity index (χ0v) is 17.7. The van der Waals surface area contributed by atoms with Gasteiger partial charge in [0.05, 0.1) is 17.1 Å². The summed E-state index contributed by atoms with van der Waals surface area (Å²) in [6.45, 7) is 2.44. The number of hydrogen-bond donors (Lipinski definition) is 0. The number of unbranched alkanes of at least 4 members (excludes halogenated alkanes) is 6. The highest BCUT2D eigenvalue weighted by molar-refractivity contribution is 6.30. The van der Waals surface area contributed by atoms with Gasteiger partial charge in [-0.1, -0.05) is 50.6 Å². The summed E-state index contributed by atoms with van der Waals surface area (Å²) in [5.41, 5.74) is 0.124. The van der Waals surface area contributed by atoms with E-state index in [2.05, 4.69) is 6.92 Å². The largest absolute Gasteiger partial charge is 0.466 e. The maximum absolute atomic E-state index is 11.8. The second-order valence-corrected chi connectivity index (χ2v) is 7.32. The molecule has 0 fully saturated rings. The van der Waals surface area contributed by atoms with E-state index in [-0.39, 0.29) is 30.2 Å². The van der Waals surface area contributed by atoms with Crippen molar-refractivity contribution in [1.29, 1.82) is 0 Å². The number of benzene rings is 1. The van der Waals surface area contributed by atoms with E-state index in [4.69, 9.17) is 21.1 Å². The van der Waals surface area contributed by atoms with Gasteiger partial charge in [0.1, 0.15) is 6.61 Å². The predicted molar refractivity (Wildman–Crippen MR) is 111 cm³/mol. The van der Waals surface area contributed by atoms with E-state index in [0.717, 1.165) is 12.8 Å². The van der Waals surface area contributed by atoms with Gasteiger partial charge in [0, 0.05) is 23.9 Å². The second kappa shape index (κ2) is 14.8.